The minimum absolute atomic E-state index is 0.135. The van der Waals surface area contributed by atoms with E-state index < -0.39 is 0 Å². The lowest BCUT2D eigenvalue weighted by Crippen LogP contribution is -2.27. The Morgan fingerprint density at radius 3 is 2.96 bits per heavy atom. The van der Waals surface area contributed by atoms with Crippen LogP contribution < -0.4 is 4.74 Å². The first-order valence-corrected chi connectivity index (χ1v) is 7.95. The van der Waals surface area contributed by atoms with Gasteiger partial charge in [-0.1, -0.05) is 30.9 Å². The number of hydrogen-bond acceptors (Lipinski definition) is 2. The van der Waals surface area contributed by atoms with Crippen LogP contribution in [0.1, 0.15) is 45.1 Å². The van der Waals surface area contributed by atoms with E-state index in [0.29, 0.717) is 6.54 Å². The standard InChI is InChI=1S/C20H19NO2/c1-3-13-7-8-15-14(11-13)12-21(20(15)22)18-10-9-17-16(18)5-4-6-19(17)23-2/h3-8,11,18H,1,9-10,12H2,2H3/t18-/m1/s1. The minimum Gasteiger partial charge on any atom is -0.496 e. The maximum Gasteiger partial charge on any atom is 0.255 e. The van der Waals surface area contributed by atoms with Crippen LogP contribution in [0.2, 0.25) is 0 Å². The average Bonchev–Trinajstić information content (AvgIpc) is 3.15. The van der Waals surface area contributed by atoms with E-state index in [2.05, 4.69) is 18.7 Å². The van der Waals surface area contributed by atoms with E-state index in [9.17, 15) is 4.79 Å². The molecule has 1 amide bonds. The monoisotopic (exact) mass is 305 g/mol. The number of carbonyl (C=O) groups is 1. The van der Waals surface area contributed by atoms with E-state index >= 15 is 0 Å². The molecule has 0 saturated heterocycles. The topological polar surface area (TPSA) is 29.5 Å². The van der Waals surface area contributed by atoms with Crippen LogP contribution in [-0.4, -0.2) is 17.9 Å². The van der Waals surface area contributed by atoms with Crippen LogP contribution in [0.15, 0.2) is 43.0 Å². The van der Waals surface area contributed by atoms with Crippen molar-refractivity contribution in [2.45, 2.75) is 25.4 Å². The van der Waals surface area contributed by atoms with Crippen LogP contribution in [0, 0.1) is 0 Å². The predicted octanol–water partition coefficient (Wildman–Crippen LogP) is 3.98. The normalized spacial score (nSPS) is 18.7. The second kappa shape index (κ2) is 5.27. The Bertz CT molecular complexity index is 809. The zero-order valence-electron chi connectivity index (χ0n) is 13.2. The first-order chi connectivity index (χ1) is 11.2. The molecule has 0 spiro atoms. The number of ether oxygens (including phenoxy) is 1. The fourth-order valence-electron chi connectivity index (χ4n) is 3.86. The molecule has 0 N–H and O–H groups in total. The third-order valence-electron chi connectivity index (χ3n) is 4.99. The van der Waals surface area contributed by atoms with Crippen molar-refractivity contribution in [3.8, 4) is 5.75 Å². The highest BCUT2D eigenvalue weighted by Crippen LogP contribution is 2.43. The summed E-state index contributed by atoms with van der Waals surface area (Å²) in [5.41, 5.74) is 5.47. The van der Waals surface area contributed by atoms with Gasteiger partial charge in [0.05, 0.1) is 13.2 Å². The molecule has 1 aliphatic carbocycles. The fraction of sp³-hybridized carbons (Fsp3) is 0.250. The average molecular weight is 305 g/mol. The molecular weight excluding hydrogens is 286 g/mol. The highest BCUT2D eigenvalue weighted by Gasteiger charge is 2.37. The number of methoxy groups -OCH3 is 1. The number of carbonyl (C=O) groups excluding carboxylic acids is 1. The van der Waals surface area contributed by atoms with Gasteiger partial charge in [-0.15, -0.1) is 0 Å². The first-order valence-electron chi connectivity index (χ1n) is 7.95. The molecule has 1 aliphatic heterocycles. The molecule has 0 unspecified atom stereocenters. The predicted molar refractivity (Wildman–Crippen MR) is 90.5 cm³/mol. The molecule has 3 nitrogen and oxygen atoms in total. The van der Waals surface area contributed by atoms with Crippen LogP contribution >= 0.6 is 0 Å². The summed E-state index contributed by atoms with van der Waals surface area (Å²) in [6, 6.07) is 12.2. The molecule has 0 radical (unpaired) electrons. The van der Waals surface area contributed by atoms with Gasteiger partial charge in [0.1, 0.15) is 5.75 Å². The number of rotatable bonds is 3. The summed E-state index contributed by atoms with van der Waals surface area (Å²) in [5.74, 6) is 1.07. The van der Waals surface area contributed by atoms with Crippen molar-refractivity contribution in [2.75, 3.05) is 7.11 Å². The molecule has 0 fully saturated rings. The maximum atomic E-state index is 12.8. The SMILES string of the molecule is C=Cc1ccc2c(c1)CN([C@@H]1CCc3c(OC)cccc31)C2=O. The molecule has 4 rings (SSSR count). The molecule has 0 bridgehead atoms. The van der Waals surface area contributed by atoms with E-state index in [1.807, 2.05) is 35.2 Å². The van der Waals surface area contributed by atoms with E-state index in [0.717, 1.165) is 35.3 Å². The molecule has 1 atom stereocenters. The van der Waals surface area contributed by atoms with Crippen LogP contribution in [0.5, 0.6) is 5.75 Å². The molecular formula is C20H19NO2. The van der Waals surface area contributed by atoms with E-state index in [4.69, 9.17) is 4.74 Å². The molecule has 3 heteroatoms. The van der Waals surface area contributed by atoms with E-state index in [1.54, 1.807) is 7.11 Å². The van der Waals surface area contributed by atoms with Crippen molar-refractivity contribution in [1.82, 2.24) is 4.90 Å². The molecule has 2 aromatic rings. The van der Waals surface area contributed by atoms with Crippen LogP contribution in [0.4, 0.5) is 0 Å². The summed E-state index contributed by atoms with van der Waals surface area (Å²) >= 11 is 0. The Kier molecular flexibility index (Phi) is 3.22. The van der Waals surface area contributed by atoms with Gasteiger partial charge in [-0.25, -0.2) is 0 Å². The Labute approximate surface area is 136 Å². The van der Waals surface area contributed by atoms with Crippen molar-refractivity contribution < 1.29 is 9.53 Å². The maximum absolute atomic E-state index is 12.8. The van der Waals surface area contributed by atoms with E-state index in [1.165, 1.54) is 11.1 Å². The number of hydrogen-bond donors (Lipinski definition) is 0. The number of benzene rings is 2. The number of amides is 1. The van der Waals surface area contributed by atoms with Gasteiger partial charge in [-0.2, -0.15) is 0 Å². The Balaban J connectivity index is 1.70. The quantitative estimate of drug-likeness (QED) is 0.858. The first kappa shape index (κ1) is 14.1. The van der Waals surface area contributed by atoms with Crippen molar-refractivity contribution in [3.63, 3.8) is 0 Å². The zero-order valence-corrected chi connectivity index (χ0v) is 13.2. The Hall–Kier alpha value is -2.55. The lowest BCUT2D eigenvalue weighted by molar-refractivity contribution is 0.0701. The molecule has 1 heterocycles. The smallest absolute Gasteiger partial charge is 0.255 e. The number of nitrogens with zero attached hydrogens (tertiary/aromatic N) is 1. The molecule has 2 aromatic carbocycles. The van der Waals surface area contributed by atoms with Gasteiger partial charge in [0.15, 0.2) is 0 Å². The highest BCUT2D eigenvalue weighted by atomic mass is 16.5. The van der Waals surface area contributed by atoms with Gasteiger partial charge in [-0.3, -0.25) is 4.79 Å². The number of fused-ring (bicyclic) bond motifs is 2. The van der Waals surface area contributed by atoms with Crippen molar-refractivity contribution in [2.24, 2.45) is 0 Å². The summed E-state index contributed by atoms with van der Waals surface area (Å²) in [6.45, 7) is 4.49. The van der Waals surface area contributed by atoms with Crippen molar-refractivity contribution >= 4 is 12.0 Å². The van der Waals surface area contributed by atoms with Gasteiger partial charge < -0.3 is 9.64 Å². The van der Waals surface area contributed by atoms with Gasteiger partial charge >= 0.3 is 0 Å². The van der Waals surface area contributed by atoms with Gasteiger partial charge in [0, 0.05) is 12.1 Å². The molecule has 116 valence electrons. The third-order valence-corrected chi connectivity index (χ3v) is 4.99. The molecule has 23 heavy (non-hydrogen) atoms. The second-order valence-corrected chi connectivity index (χ2v) is 6.14. The summed E-state index contributed by atoms with van der Waals surface area (Å²) in [6.07, 6.45) is 3.74. The zero-order chi connectivity index (χ0) is 16.0. The van der Waals surface area contributed by atoms with E-state index in [-0.39, 0.29) is 11.9 Å². The van der Waals surface area contributed by atoms with Gasteiger partial charge in [-0.05, 0) is 53.3 Å². The Morgan fingerprint density at radius 1 is 1.30 bits per heavy atom. The van der Waals surface area contributed by atoms with Gasteiger partial charge in [0.25, 0.3) is 5.91 Å². The lowest BCUT2D eigenvalue weighted by Gasteiger charge is -2.25. The Morgan fingerprint density at radius 2 is 2.17 bits per heavy atom. The van der Waals surface area contributed by atoms with Crippen LogP contribution in [0.3, 0.4) is 0 Å². The second-order valence-electron chi connectivity index (χ2n) is 6.14. The lowest BCUT2D eigenvalue weighted by atomic mass is 10.1. The van der Waals surface area contributed by atoms with Crippen LogP contribution in [-0.2, 0) is 13.0 Å². The summed E-state index contributed by atoms with van der Waals surface area (Å²) in [5, 5.41) is 0. The van der Waals surface area contributed by atoms with Crippen LogP contribution in [0.25, 0.3) is 6.08 Å². The summed E-state index contributed by atoms with van der Waals surface area (Å²) < 4.78 is 5.47. The molecule has 0 aromatic heterocycles. The summed E-state index contributed by atoms with van der Waals surface area (Å²) in [7, 11) is 1.70. The largest absolute Gasteiger partial charge is 0.496 e. The molecule has 2 aliphatic rings. The third kappa shape index (κ3) is 2.07. The van der Waals surface area contributed by atoms with Crippen molar-refractivity contribution in [3.05, 3.63) is 70.8 Å². The minimum atomic E-state index is 0.135. The molecule has 0 saturated carbocycles. The fourth-order valence-corrected chi connectivity index (χ4v) is 3.86. The van der Waals surface area contributed by atoms with Gasteiger partial charge in [0.2, 0.25) is 0 Å². The summed E-state index contributed by atoms with van der Waals surface area (Å²) in [4.78, 5) is 14.8. The van der Waals surface area contributed by atoms with Crippen molar-refractivity contribution in [1.29, 1.82) is 0 Å². The highest BCUT2D eigenvalue weighted by molar-refractivity contribution is 5.99.